The zero-order valence-corrected chi connectivity index (χ0v) is 17.6. The summed E-state index contributed by atoms with van der Waals surface area (Å²) in [6.07, 6.45) is 0. The molecule has 0 saturated heterocycles. The summed E-state index contributed by atoms with van der Waals surface area (Å²) in [6, 6.07) is 10.9. The Morgan fingerprint density at radius 2 is 1.83 bits per heavy atom. The maximum Gasteiger partial charge on any atom is 0.377 e. The maximum absolute atomic E-state index is 14.4. The quantitative estimate of drug-likeness (QED) is 0.613. The third kappa shape index (κ3) is 3.70. The molecule has 1 heterocycles. The zero-order valence-electron chi connectivity index (χ0n) is 17.6. The van der Waals surface area contributed by atoms with Crippen LogP contribution >= 0.6 is 0 Å². The number of halogens is 1. The average Bonchev–Trinajstić information content (AvgIpc) is 3.08. The molecule has 0 unspecified atom stereocenters. The highest BCUT2D eigenvalue weighted by Gasteiger charge is 2.28. The van der Waals surface area contributed by atoms with E-state index in [1.54, 1.807) is 6.92 Å². The van der Waals surface area contributed by atoms with Crippen LogP contribution in [0.5, 0.6) is 5.75 Å². The summed E-state index contributed by atoms with van der Waals surface area (Å²) in [4.78, 5) is 27.5. The summed E-state index contributed by atoms with van der Waals surface area (Å²) in [6.45, 7) is 8.21. The molecule has 0 radical (unpaired) electrons. The highest BCUT2D eigenvalue weighted by Crippen LogP contribution is 2.32. The smallest absolute Gasteiger partial charge is 0.377 e. The van der Waals surface area contributed by atoms with Crippen molar-refractivity contribution in [3.63, 3.8) is 0 Å². The number of hydrogen-bond acceptors (Lipinski definition) is 5. The minimum atomic E-state index is -0.893. The molecular formula is C21H24FN5O3. The first-order chi connectivity index (χ1) is 14.2. The molecule has 0 fully saturated rings. The van der Waals surface area contributed by atoms with Crippen LogP contribution in [0.1, 0.15) is 33.3 Å². The molecule has 0 spiro atoms. The number of anilines is 1. The second kappa shape index (κ2) is 8.10. The van der Waals surface area contributed by atoms with Crippen LogP contribution in [0.3, 0.4) is 0 Å². The monoisotopic (exact) mass is 413 g/mol. The SMILES string of the molecule is CCN(C(=O)n1nnn(-c2c(F)cccc2OC)c1=O)c1ccccc1C(C)(C)C. The highest BCUT2D eigenvalue weighted by atomic mass is 19.1. The van der Waals surface area contributed by atoms with Gasteiger partial charge in [-0.15, -0.1) is 4.68 Å². The number of amides is 1. The zero-order chi connectivity index (χ0) is 22.1. The summed E-state index contributed by atoms with van der Waals surface area (Å²) in [5.41, 5.74) is 0.282. The van der Waals surface area contributed by atoms with Gasteiger partial charge in [-0.3, -0.25) is 4.90 Å². The lowest BCUT2D eigenvalue weighted by molar-refractivity contribution is 0.244. The number of carbonyl (C=O) groups is 1. The number of nitrogens with zero attached hydrogens (tertiary/aromatic N) is 5. The van der Waals surface area contributed by atoms with Crippen molar-refractivity contribution in [3.8, 4) is 11.4 Å². The fraction of sp³-hybridized carbons (Fsp3) is 0.333. The first-order valence-electron chi connectivity index (χ1n) is 9.50. The second-order valence-electron chi connectivity index (χ2n) is 7.67. The third-order valence-corrected chi connectivity index (χ3v) is 4.69. The molecule has 0 bridgehead atoms. The summed E-state index contributed by atoms with van der Waals surface area (Å²) in [7, 11) is 1.35. The van der Waals surface area contributed by atoms with Crippen LogP contribution in [0.4, 0.5) is 14.9 Å². The molecule has 158 valence electrons. The van der Waals surface area contributed by atoms with Crippen molar-refractivity contribution in [2.75, 3.05) is 18.6 Å². The van der Waals surface area contributed by atoms with E-state index in [1.165, 1.54) is 30.2 Å². The Labute approximate surface area is 173 Å². The van der Waals surface area contributed by atoms with Crippen molar-refractivity contribution in [1.29, 1.82) is 0 Å². The first-order valence-corrected chi connectivity index (χ1v) is 9.50. The molecule has 0 aliphatic rings. The first kappa shape index (κ1) is 21.2. The Morgan fingerprint density at radius 1 is 1.13 bits per heavy atom. The lowest BCUT2D eigenvalue weighted by atomic mass is 9.85. The number of rotatable bonds is 4. The van der Waals surface area contributed by atoms with E-state index in [-0.39, 0.29) is 16.9 Å². The number of ether oxygens (including phenoxy) is 1. The molecule has 0 atom stereocenters. The molecule has 0 aliphatic carbocycles. The Morgan fingerprint density at radius 3 is 2.47 bits per heavy atom. The van der Waals surface area contributed by atoms with Crippen molar-refractivity contribution in [2.24, 2.45) is 0 Å². The standard InChI is InChI=1S/C21H24FN5O3/c1-6-25(16-12-8-7-10-14(16)21(2,3)4)19(28)27-20(29)26(23-24-27)18-15(22)11-9-13-17(18)30-5/h7-13H,6H2,1-5H3. The predicted molar refractivity (Wildman–Crippen MR) is 111 cm³/mol. The molecular weight excluding hydrogens is 389 g/mol. The number of carbonyl (C=O) groups excluding carboxylic acids is 1. The van der Waals surface area contributed by atoms with Crippen molar-refractivity contribution >= 4 is 11.7 Å². The van der Waals surface area contributed by atoms with E-state index in [4.69, 9.17) is 4.74 Å². The third-order valence-electron chi connectivity index (χ3n) is 4.69. The van der Waals surface area contributed by atoms with E-state index < -0.39 is 17.5 Å². The van der Waals surface area contributed by atoms with Gasteiger partial charge in [0.25, 0.3) is 0 Å². The fourth-order valence-electron chi connectivity index (χ4n) is 3.24. The molecule has 1 amide bonds. The number of para-hydroxylation sites is 2. The molecule has 9 heteroatoms. The van der Waals surface area contributed by atoms with Crippen LogP contribution in [-0.4, -0.2) is 39.5 Å². The van der Waals surface area contributed by atoms with Crippen molar-refractivity contribution in [3.05, 3.63) is 64.3 Å². The Hall–Kier alpha value is -3.49. The van der Waals surface area contributed by atoms with Gasteiger partial charge in [0.1, 0.15) is 11.4 Å². The van der Waals surface area contributed by atoms with E-state index in [9.17, 15) is 14.0 Å². The number of benzene rings is 2. The lowest BCUT2D eigenvalue weighted by Crippen LogP contribution is -2.42. The van der Waals surface area contributed by atoms with Crippen LogP contribution in [0.15, 0.2) is 47.3 Å². The lowest BCUT2D eigenvalue weighted by Gasteiger charge is -2.28. The van der Waals surface area contributed by atoms with E-state index >= 15 is 0 Å². The highest BCUT2D eigenvalue weighted by molar-refractivity contribution is 5.93. The number of aromatic nitrogens is 4. The second-order valence-corrected chi connectivity index (χ2v) is 7.67. The molecule has 30 heavy (non-hydrogen) atoms. The van der Waals surface area contributed by atoms with E-state index in [2.05, 4.69) is 10.4 Å². The summed E-state index contributed by atoms with van der Waals surface area (Å²) in [5.74, 6) is -0.622. The van der Waals surface area contributed by atoms with Gasteiger partial charge >= 0.3 is 11.7 Å². The van der Waals surface area contributed by atoms with Crippen LogP contribution in [0.25, 0.3) is 5.69 Å². The molecule has 3 aromatic rings. The average molecular weight is 413 g/mol. The minimum Gasteiger partial charge on any atom is -0.494 e. The van der Waals surface area contributed by atoms with Crippen LogP contribution < -0.4 is 15.3 Å². The van der Waals surface area contributed by atoms with Gasteiger partial charge in [0.2, 0.25) is 0 Å². The van der Waals surface area contributed by atoms with Gasteiger partial charge in [0, 0.05) is 12.2 Å². The van der Waals surface area contributed by atoms with Crippen molar-refractivity contribution < 1.29 is 13.9 Å². The molecule has 3 rings (SSSR count). The van der Waals surface area contributed by atoms with Crippen molar-refractivity contribution in [1.82, 2.24) is 19.8 Å². The maximum atomic E-state index is 14.4. The van der Waals surface area contributed by atoms with Gasteiger partial charge in [-0.1, -0.05) is 45.0 Å². The van der Waals surface area contributed by atoms with Crippen LogP contribution in [0.2, 0.25) is 0 Å². The largest absolute Gasteiger partial charge is 0.494 e. The molecule has 0 aliphatic heterocycles. The topological polar surface area (TPSA) is 82.2 Å². The summed E-state index contributed by atoms with van der Waals surface area (Å²) >= 11 is 0. The Kier molecular flexibility index (Phi) is 5.73. The van der Waals surface area contributed by atoms with Gasteiger partial charge < -0.3 is 4.74 Å². The molecule has 0 N–H and O–H groups in total. The molecule has 1 aromatic heterocycles. The van der Waals surface area contributed by atoms with Crippen LogP contribution in [0, 0.1) is 5.82 Å². The Balaban J connectivity index is 2.09. The molecule has 2 aromatic carbocycles. The summed E-state index contributed by atoms with van der Waals surface area (Å²) in [5, 5.41) is 7.41. The van der Waals surface area contributed by atoms with E-state index in [1.807, 2.05) is 45.0 Å². The fourth-order valence-corrected chi connectivity index (χ4v) is 3.24. The van der Waals surface area contributed by atoms with Gasteiger partial charge in [-0.05, 0) is 46.5 Å². The van der Waals surface area contributed by atoms with E-state index in [0.29, 0.717) is 16.9 Å². The Bertz CT molecular complexity index is 1130. The number of hydrogen-bond donors (Lipinski definition) is 0. The van der Waals surface area contributed by atoms with Gasteiger partial charge in [-0.2, -0.15) is 4.68 Å². The van der Waals surface area contributed by atoms with Crippen LogP contribution in [-0.2, 0) is 5.41 Å². The normalized spacial score (nSPS) is 11.4. The summed E-state index contributed by atoms with van der Waals surface area (Å²) < 4.78 is 20.8. The number of methoxy groups -OCH3 is 1. The predicted octanol–water partition coefficient (Wildman–Crippen LogP) is 3.37. The van der Waals surface area contributed by atoms with Gasteiger partial charge in [0.05, 0.1) is 7.11 Å². The van der Waals surface area contributed by atoms with Gasteiger partial charge in [-0.25, -0.2) is 14.0 Å². The van der Waals surface area contributed by atoms with Gasteiger partial charge in [0.15, 0.2) is 5.82 Å². The van der Waals surface area contributed by atoms with Crippen molar-refractivity contribution in [2.45, 2.75) is 33.1 Å². The minimum absolute atomic E-state index is 0.0991. The van der Waals surface area contributed by atoms with E-state index in [0.717, 1.165) is 10.2 Å². The number of tetrazole rings is 1. The molecule has 0 saturated carbocycles. The molecule has 8 nitrogen and oxygen atoms in total.